The molecular formula is C57H38N2S. The predicted octanol–water partition coefficient (Wildman–Crippen LogP) is 15.4. The van der Waals surface area contributed by atoms with Crippen LogP contribution in [0.15, 0.2) is 206 Å². The van der Waals surface area contributed by atoms with E-state index in [1.807, 2.05) is 11.3 Å². The third-order valence-corrected chi connectivity index (χ3v) is 14.5. The first-order valence-electron chi connectivity index (χ1n) is 20.9. The monoisotopic (exact) mass is 782 g/mol. The van der Waals surface area contributed by atoms with Gasteiger partial charge in [0.2, 0.25) is 0 Å². The Balaban J connectivity index is 0.994. The Morgan fingerprint density at radius 3 is 1.93 bits per heavy atom. The number of hydrogen-bond acceptors (Lipinski definition) is 2. The van der Waals surface area contributed by atoms with Crippen LogP contribution >= 0.6 is 11.3 Å². The van der Waals surface area contributed by atoms with Crippen molar-refractivity contribution in [3.05, 3.63) is 229 Å². The van der Waals surface area contributed by atoms with Crippen LogP contribution in [-0.2, 0) is 18.3 Å². The van der Waals surface area contributed by atoms with Crippen LogP contribution in [0.1, 0.15) is 22.3 Å². The minimum absolute atomic E-state index is 0.0943. The Morgan fingerprint density at radius 1 is 0.400 bits per heavy atom. The van der Waals surface area contributed by atoms with Gasteiger partial charge < -0.3 is 9.47 Å². The first kappa shape index (κ1) is 33.7. The highest BCUT2D eigenvalue weighted by Crippen LogP contribution is 2.56. The van der Waals surface area contributed by atoms with Crippen LogP contribution in [0.5, 0.6) is 0 Å². The molecule has 11 aromatic rings. The number of thiophene rings is 1. The fourth-order valence-corrected chi connectivity index (χ4v) is 11.9. The SMILES string of the molecule is c1ccc(-n2c3ccccc3c3cc(-c4cccc(N(c5ccc6c(c5)C5(Cc7ccccc7C5)c5ccccc5-6)c5ccc6c(c5)sc5ccccc56)c4)ccc32)cc1. The standard InChI is InChI=1S/C57H38N2S/c1-2-16-41(17-3-1)59-53-23-10-7-20-47(53)50-32-38(25-30-54(50)59)37-15-12-18-42(31-37)58(44-27-29-49-48-21-8-11-24-55(48)60-56(49)34-44)43-26-28-46-45-19-6-9-22-51(45)57(52(46)33-43)35-39-13-4-5-14-40(39)36-57/h1-34H,35-36H2. The van der Waals surface area contributed by atoms with E-state index in [0.717, 1.165) is 24.2 Å². The van der Waals surface area contributed by atoms with Gasteiger partial charge >= 0.3 is 0 Å². The van der Waals surface area contributed by atoms with Crippen molar-refractivity contribution in [1.29, 1.82) is 0 Å². The van der Waals surface area contributed by atoms with Crippen molar-refractivity contribution in [2.45, 2.75) is 18.3 Å². The van der Waals surface area contributed by atoms with Gasteiger partial charge in [0.1, 0.15) is 0 Å². The quantitative estimate of drug-likeness (QED) is 0.169. The van der Waals surface area contributed by atoms with Crippen LogP contribution in [0.4, 0.5) is 17.1 Å². The summed E-state index contributed by atoms with van der Waals surface area (Å²) in [5, 5.41) is 5.14. The molecular weight excluding hydrogens is 745 g/mol. The number of para-hydroxylation sites is 2. The van der Waals surface area contributed by atoms with Gasteiger partial charge in [-0.1, -0.05) is 133 Å². The topological polar surface area (TPSA) is 8.17 Å². The summed E-state index contributed by atoms with van der Waals surface area (Å²) in [5.74, 6) is 0. The van der Waals surface area contributed by atoms with Crippen molar-refractivity contribution in [1.82, 2.24) is 4.57 Å². The molecule has 2 aromatic heterocycles. The van der Waals surface area contributed by atoms with E-state index < -0.39 is 0 Å². The third-order valence-electron chi connectivity index (χ3n) is 13.4. The molecule has 9 aromatic carbocycles. The molecule has 2 aliphatic carbocycles. The van der Waals surface area contributed by atoms with E-state index in [-0.39, 0.29) is 5.41 Å². The van der Waals surface area contributed by atoms with Crippen molar-refractivity contribution in [3.8, 4) is 27.9 Å². The van der Waals surface area contributed by atoms with E-state index in [9.17, 15) is 0 Å². The van der Waals surface area contributed by atoms with E-state index in [1.54, 1.807) is 0 Å². The predicted molar refractivity (Wildman–Crippen MR) is 254 cm³/mol. The van der Waals surface area contributed by atoms with Crippen LogP contribution in [0.3, 0.4) is 0 Å². The number of nitrogens with zero attached hydrogens (tertiary/aromatic N) is 2. The zero-order valence-corrected chi connectivity index (χ0v) is 33.7. The van der Waals surface area contributed by atoms with Gasteiger partial charge in [0.15, 0.2) is 0 Å². The highest BCUT2D eigenvalue weighted by atomic mass is 32.1. The number of anilines is 3. The Morgan fingerprint density at radius 2 is 1.05 bits per heavy atom. The molecule has 0 bridgehead atoms. The van der Waals surface area contributed by atoms with Gasteiger partial charge in [-0.25, -0.2) is 0 Å². The molecule has 60 heavy (non-hydrogen) atoms. The van der Waals surface area contributed by atoms with E-state index in [1.165, 1.54) is 97.9 Å². The van der Waals surface area contributed by atoms with Crippen molar-refractivity contribution in [2.24, 2.45) is 0 Å². The van der Waals surface area contributed by atoms with Gasteiger partial charge in [0.25, 0.3) is 0 Å². The highest BCUT2D eigenvalue weighted by molar-refractivity contribution is 7.25. The van der Waals surface area contributed by atoms with Crippen LogP contribution < -0.4 is 4.90 Å². The van der Waals surface area contributed by atoms with Gasteiger partial charge in [0, 0.05) is 59.1 Å². The number of aromatic nitrogens is 1. The summed E-state index contributed by atoms with van der Waals surface area (Å²) in [6, 6.07) is 76.9. The molecule has 0 amide bonds. The van der Waals surface area contributed by atoms with Crippen molar-refractivity contribution < 1.29 is 0 Å². The minimum Gasteiger partial charge on any atom is -0.310 e. The molecule has 0 N–H and O–H groups in total. The lowest BCUT2D eigenvalue weighted by Crippen LogP contribution is -2.26. The largest absolute Gasteiger partial charge is 0.310 e. The van der Waals surface area contributed by atoms with E-state index in [0.29, 0.717) is 0 Å². The summed E-state index contributed by atoms with van der Waals surface area (Å²) < 4.78 is 5.00. The summed E-state index contributed by atoms with van der Waals surface area (Å²) in [6.45, 7) is 0. The second kappa shape index (κ2) is 12.9. The molecule has 0 atom stereocenters. The maximum atomic E-state index is 2.52. The fraction of sp³-hybridized carbons (Fsp3) is 0.0526. The third kappa shape index (κ3) is 4.93. The van der Waals surface area contributed by atoms with Crippen LogP contribution in [0.2, 0.25) is 0 Å². The first-order valence-corrected chi connectivity index (χ1v) is 21.7. The summed E-state index contributed by atoms with van der Waals surface area (Å²) in [5.41, 5.74) is 17.9. The maximum absolute atomic E-state index is 2.52. The average Bonchev–Trinajstić information content (AvgIpc) is 4.05. The van der Waals surface area contributed by atoms with Gasteiger partial charge in [-0.2, -0.15) is 0 Å². The lowest BCUT2D eigenvalue weighted by Gasteiger charge is -2.30. The molecule has 2 nitrogen and oxygen atoms in total. The number of benzene rings is 9. The normalized spacial score (nSPS) is 13.7. The van der Waals surface area contributed by atoms with E-state index in [2.05, 4.69) is 216 Å². The summed E-state index contributed by atoms with van der Waals surface area (Å²) in [4.78, 5) is 2.49. The lowest BCUT2D eigenvalue weighted by atomic mass is 9.75. The molecule has 0 saturated heterocycles. The van der Waals surface area contributed by atoms with Crippen LogP contribution in [0, 0.1) is 0 Å². The maximum Gasteiger partial charge on any atom is 0.0541 e. The van der Waals surface area contributed by atoms with Crippen LogP contribution in [0.25, 0.3) is 69.9 Å². The number of fused-ring (bicyclic) bond motifs is 12. The molecule has 0 saturated carbocycles. The number of rotatable bonds is 5. The second-order valence-electron chi connectivity index (χ2n) is 16.6. The summed E-state index contributed by atoms with van der Waals surface area (Å²) in [6.07, 6.45) is 2.03. The Labute approximate surface area is 352 Å². The zero-order chi connectivity index (χ0) is 39.4. The average molecular weight is 783 g/mol. The summed E-state index contributed by atoms with van der Waals surface area (Å²) >= 11 is 1.88. The molecule has 0 fully saturated rings. The lowest BCUT2D eigenvalue weighted by molar-refractivity contribution is 0.563. The molecule has 2 aliphatic rings. The van der Waals surface area contributed by atoms with Crippen molar-refractivity contribution >= 4 is 70.4 Å². The van der Waals surface area contributed by atoms with Crippen LogP contribution in [-0.4, -0.2) is 4.57 Å². The Bertz CT molecular complexity index is 3490. The summed E-state index contributed by atoms with van der Waals surface area (Å²) in [7, 11) is 0. The molecule has 0 aliphatic heterocycles. The molecule has 282 valence electrons. The van der Waals surface area contributed by atoms with Gasteiger partial charge in [-0.05, 0) is 130 Å². The first-order chi connectivity index (χ1) is 29.7. The molecule has 2 heterocycles. The Kier molecular flexibility index (Phi) is 7.25. The zero-order valence-electron chi connectivity index (χ0n) is 32.8. The molecule has 1 spiro atoms. The fourth-order valence-electron chi connectivity index (χ4n) is 10.7. The van der Waals surface area contributed by atoms with Gasteiger partial charge in [-0.3, -0.25) is 0 Å². The van der Waals surface area contributed by atoms with Gasteiger partial charge in [0.05, 0.1) is 11.0 Å². The van der Waals surface area contributed by atoms with E-state index >= 15 is 0 Å². The van der Waals surface area contributed by atoms with E-state index in [4.69, 9.17) is 0 Å². The minimum atomic E-state index is -0.0943. The Hall–Kier alpha value is -7.20. The molecule has 0 unspecified atom stereocenters. The smallest absolute Gasteiger partial charge is 0.0541 e. The highest BCUT2D eigenvalue weighted by Gasteiger charge is 2.47. The number of hydrogen-bond donors (Lipinski definition) is 0. The van der Waals surface area contributed by atoms with Crippen molar-refractivity contribution in [2.75, 3.05) is 4.90 Å². The van der Waals surface area contributed by atoms with Gasteiger partial charge in [-0.15, -0.1) is 11.3 Å². The molecule has 0 radical (unpaired) electrons. The van der Waals surface area contributed by atoms with Crippen molar-refractivity contribution in [3.63, 3.8) is 0 Å². The molecule has 13 rings (SSSR count). The molecule has 3 heteroatoms. The second-order valence-corrected chi connectivity index (χ2v) is 17.6.